The molecule has 1 aliphatic heterocycles. The Morgan fingerprint density at radius 2 is 1.77 bits per heavy atom. The molecule has 1 saturated heterocycles. The molecule has 8 nitrogen and oxygen atoms in total. The monoisotopic (exact) mass is 548 g/mol. The van der Waals surface area contributed by atoms with E-state index in [-0.39, 0.29) is 11.3 Å². The van der Waals surface area contributed by atoms with Gasteiger partial charge in [0, 0.05) is 67.7 Å². The number of ether oxygens (including phenoxy) is 1. The summed E-state index contributed by atoms with van der Waals surface area (Å²) in [5.41, 5.74) is 0.796. The molecule has 1 N–H and O–H groups in total. The van der Waals surface area contributed by atoms with Crippen molar-refractivity contribution >= 4 is 36.9 Å². The van der Waals surface area contributed by atoms with Crippen LogP contribution in [-0.4, -0.2) is 52.4 Å². The standard InChI is InChI=1S/C28H27F2N6O2P/c1-34-24-16-32-22-6-3-17(18-4-8-25(38-2)33-15-18)13-20(22)26(24)36(27(34)37)19-5-7-23(21(14-19)28(29,30)39)35-11-9-31-10-12-35/h3-8,13-16,31H,9-12,39H2,1-2H3. The van der Waals surface area contributed by atoms with Crippen LogP contribution in [0.15, 0.2) is 65.7 Å². The number of halogens is 2. The van der Waals surface area contributed by atoms with Crippen molar-refractivity contribution in [2.75, 3.05) is 38.2 Å². The predicted octanol–water partition coefficient (Wildman–Crippen LogP) is 4.28. The van der Waals surface area contributed by atoms with Crippen LogP contribution in [0.5, 0.6) is 5.88 Å². The highest BCUT2D eigenvalue weighted by molar-refractivity contribution is 7.17. The molecule has 1 aliphatic rings. The van der Waals surface area contributed by atoms with Gasteiger partial charge >= 0.3 is 5.69 Å². The van der Waals surface area contributed by atoms with Gasteiger partial charge in [0.25, 0.3) is 5.66 Å². The summed E-state index contributed by atoms with van der Waals surface area (Å²) in [6.07, 6.45) is 3.36. The van der Waals surface area contributed by atoms with E-state index in [1.165, 1.54) is 15.2 Å². The molecule has 5 aromatic rings. The van der Waals surface area contributed by atoms with Gasteiger partial charge in [-0.2, -0.15) is 8.78 Å². The van der Waals surface area contributed by atoms with Crippen molar-refractivity contribution in [1.29, 1.82) is 0 Å². The van der Waals surface area contributed by atoms with E-state index in [0.29, 0.717) is 46.9 Å². The number of pyridine rings is 2. The Hall–Kier alpha value is -3.88. The van der Waals surface area contributed by atoms with E-state index in [0.717, 1.165) is 29.6 Å². The lowest BCUT2D eigenvalue weighted by Gasteiger charge is -2.32. The number of methoxy groups -OCH3 is 1. The number of nitrogens with one attached hydrogen (secondary N) is 1. The number of imidazole rings is 1. The van der Waals surface area contributed by atoms with Crippen LogP contribution in [0.3, 0.4) is 0 Å². The van der Waals surface area contributed by atoms with Crippen molar-refractivity contribution in [2.24, 2.45) is 7.05 Å². The highest BCUT2D eigenvalue weighted by Gasteiger charge is 2.31. The quantitative estimate of drug-likeness (QED) is 0.331. The molecule has 0 aliphatic carbocycles. The van der Waals surface area contributed by atoms with Crippen LogP contribution in [0.1, 0.15) is 5.56 Å². The summed E-state index contributed by atoms with van der Waals surface area (Å²) in [6.45, 7) is 2.69. The molecular weight excluding hydrogens is 521 g/mol. The summed E-state index contributed by atoms with van der Waals surface area (Å²) in [6, 6.07) is 14.3. The number of nitrogens with zero attached hydrogens (tertiary/aromatic N) is 5. The second-order valence-electron chi connectivity index (χ2n) is 9.55. The highest BCUT2D eigenvalue weighted by atomic mass is 31.0. The van der Waals surface area contributed by atoms with Crippen LogP contribution in [0.2, 0.25) is 0 Å². The molecule has 0 amide bonds. The van der Waals surface area contributed by atoms with Gasteiger partial charge in [0.2, 0.25) is 5.88 Å². The minimum atomic E-state index is -3.18. The van der Waals surface area contributed by atoms with Crippen LogP contribution in [-0.2, 0) is 12.7 Å². The topological polar surface area (TPSA) is 77.2 Å². The second-order valence-corrected chi connectivity index (χ2v) is 10.3. The largest absolute Gasteiger partial charge is 0.481 e. The third-order valence-electron chi connectivity index (χ3n) is 7.22. The van der Waals surface area contributed by atoms with Crippen molar-refractivity contribution in [1.82, 2.24) is 24.4 Å². The Kier molecular flexibility index (Phi) is 6.32. The molecule has 200 valence electrons. The number of hydrogen-bond donors (Lipinski definition) is 1. The molecule has 39 heavy (non-hydrogen) atoms. The molecule has 0 radical (unpaired) electrons. The highest BCUT2D eigenvalue weighted by Crippen LogP contribution is 2.42. The lowest BCUT2D eigenvalue weighted by molar-refractivity contribution is 0.104. The molecule has 1 unspecified atom stereocenters. The number of alkyl halides is 2. The molecule has 0 spiro atoms. The summed E-state index contributed by atoms with van der Waals surface area (Å²) in [5, 5.41) is 3.98. The van der Waals surface area contributed by atoms with Crippen molar-refractivity contribution in [2.45, 2.75) is 5.66 Å². The number of aromatic nitrogens is 4. The molecule has 4 heterocycles. The Morgan fingerprint density at radius 1 is 1.00 bits per heavy atom. The fourth-order valence-electron chi connectivity index (χ4n) is 5.20. The lowest BCUT2D eigenvalue weighted by atomic mass is 10.0. The summed E-state index contributed by atoms with van der Waals surface area (Å²) in [4.78, 5) is 24.4. The minimum absolute atomic E-state index is 0.140. The van der Waals surface area contributed by atoms with Gasteiger partial charge in [-0.15, -0.1) is 0 Å². The molecule has 6 rings (SSSR count). The first-order chi connectivity index (χ1) is 18.8. The molecule has 1 atom stereocenters. The molecule has 2 aromatic carbocycles. The molecule has 3 aromatic heterocycles. The third-order valence-corrected chi connectivity index (χ3v) is 7.53. The van der Waals surface area contributed by atoms with E-state index < -0.39 is 5.66 Å². The Labute approximate surface area is 225 Å². The van der Waals surface area contributed by atoms with E-state index >= 15 is 0 Å². The zero-order valence-electron chi connectivity index (χ0n) is 21.5. The van der Waals surface area contributed by atoms with Gasteiger partial charge in [0.05, 0.1) is 35.5 Å². The second kappa shape index (κ2) is 9.70. The summed E-state index contributed by atoms with van der Waals surface area (Å²) in [7, 11) is 4.86. The molecule has 0 bridgehead atoms. The fraction of sp³-hybridized carbons (Fsp3) is 0.250. The molecule has 11 heteroatoms. The summed E-state index contributed by atoms with van der Waals surface area (Å²) < 4.78 is 38.0. The number of rotatable bonds is 5. The van der Waals surface area contributed by atoms with Gasteiger partial charge in [-0.3, -0.25) is 14.1 Å². The number of aryl methyl sites for hydroxylation is 1. The number of anilines is 1. The SMILES string of the molecule is COc1ccc(-c2ccc3ncc4c(c3c2)n(-c2ccc(N3CCNCC3)c(C(F)(F)P)c2)c(=O)n4C)cn1. The minimum Gasteiger partial charge on any atom is -0.481 e. The third kappa shape index (κ3) is 4.43. The van der Waals surface area contributed by atoms with Crippen LogP contribution in [0.25, 0.3) is 38.8 Å². The smallest absolute Gasteiger partial charge is 0.333 e. The van der Waals surface area contributed by atoms with Gasteiger partial charge in [-0.25, -0.2) is 9.78 Å². The van der Waals surface area contributed by atoms with Crippen LogP contribution < -0.4 is 20.6 Å². The van der Waals surface area contributed by atoms with E-state index in [1.807, 2.05) is 29.2 Å². The number of hydrogen-bond acceptors (Lipinski definition) is 6. The maximum absolute atomic E-state index is 14.9. The fourth-order valence-corrected chi connectivity index (χ4v) is 5.43. The zero-order valence-corrected chi connectivity index (χ0v) is 22.6. The Balaban J connectivity index is 1.58. The van der Waals surface area contributed by atoms with E-state index in [1.54, 1.807) is 54.0 Å². The Morgan fingerprint density at radius 3 is 2.46 bits per heavy atom. The van der Waals surface area contributed by atoms with Gasteiger partial charge in [-0.05, 0) is 42.0 Å². The summed E-state index contributed by atoms with van der Waals surface area (Å²) in [5.74, 6) is 0.506. The van der Waals surface area contributed by atoms with E-state index in [9.17, 15) is 13.6 Å². The van der Waals surface area contributed by atoms with E-state index in [2.05, 4.69) is 15.3 Å². The van der Waals surface area contributed by atoms with Crippen LogP contribution >= 0.6 is 9.24 Å². The predicted molar refractivity (Wildman–Crippen MR) is 152 cm³/mol. The van der Waals surface area contributed by atoms with Crippen molar-refractivity contribution in [3.05, 3.63) is 77.0 Å². The average molecular weight is 549 g/mol. The van der Waals surface area contributed by atoms with Crippen molar-refractivity contribution in [3.63, 3.8) is 0 Å². The number of fused-ring (bicyclic) bond motifs is 3. The zero-order chi connectivity index (χ0) is 27.3. The first kappa shape index (κ1) is 25.4. The molecule has 0 saturated carbocycles. The molecule has 1 fully saturated rings. The van der Waals surface area contributed by atoms with E-state index in [4.69, 9.17) is 4.74 Å². The van der Waals surface area contributed by atoms with Crippen LogP contribution in [0.4, 0.5) is 14.5 Å². The van der Waals surface area contributed by atoms with Crippen molar-refractivity contribution in [3.8, 4) is 22.7 Å². The lowest BCUT2D eigenvalue weighted by Crippen LogP contribution is -2.44. The Bertz CT molecular complexity index is 1760. The number of benzene rings is 2. The van der Waals surface area contributed by atoms with Crippen molar-refractivity contribution < 1.29 is 13.5 Å². The maximum Gasteiger partial charge on any atom is 0.333 e. The maximum atomic E-state index is 14.9. The first-order valence-corrected chi connectivity index (χ1v) is 13.1. The summed E-state index contributed by atoms with van der Waals surface area (Å²) >= 11 is 0. The average Bonchev–Trinajstić information content (AvgIpc) is 3.22. The van der Waals surface area contributed by atoms with Gasteiger partial charge < -0.3 is 15.0 Å². The number of piperazine rings is 1. The normalized spacial score (nSPS) is 14.3. The van der Waals surface area contributed by atoms with Crippen LogP contribution in [0, 0.1) is 0 Å². The molecular formula is C28H27F2N6O2P. The van der Waals surface area contributed by atoms with Gasteiger partial charge in [0.15, 0.2) is 0 Å². The van der Waals surface area contributed by atoms with Gasteiger partial charge in [-0.1, -0.05) is 15.3 Å². The van der Waals surface area contributed by atoms with Gasteiger partial charge in [0.1, 0.15) is 0 Å². The first-order valence-electron chi connectivity index (χ1n) is 12.5.